The molecule has 1 aliphatic rings. The zero-order valence-electron chi connectivity index (χ0n) is 15.3. The molecular weight excluding hydrogens is 430 g/mol. The van der Waals surface area contributed by atoms with E-state index in [4.69, 9.17) is 22.1 Å². The minimum absolute atomic E-state index is 0.00282. The fraction of sp³-hybridized carbons (Fsp3) is 0.105. The van der Waals surface area contributed by atoms with Gasteiger partial charge in [-0.25, -0.2) is 5.01 Å². The van der Waals surface area contributed by atoms with Crippen LogP contribution in [0.5, 0.6) is 5.75 Å². The maximum absolute atomic E-state index is 12.8. The number of ether oxygens (including phenoxy) is 1. The second-order valence-electron chi connectivity index (χ2n) is 5.96. The van der Waals surface area contributed by atoms with Crippen LogP contribution in [0, 0.1) is 10.1 Å². The molecule has 2 N–H and O–H groups in total. The number of nitrogens with one attached hydrogen (secondary N) is 1. The first-order valence-corrected chi connectivity index (χ1v) is 9.80. The number of aliphatic carboxylic acids is 1. The van der Waals surface area contributed by atoms with Crippen molar-refractivity contribution < 1.29 is 24.4 Å². The number of carboxylic acids is 1. The number of carbonyl (C=O) groups excluding carboxylic acids is 1. The Kier molecular flexibility index (Phi) is 6.65. The van der Waals surface area contributed by atoms with Gasteiger partial charge in [0.05, 0.1) is 28.5 Å². The van der Waals surface area contributed by atoms with E-state index in [0.717, 1.165) is 11.8 Å². The first-order chi connectivity index (χ1) is 14.3. The van der Waals surface area contributed by atoms with Gasteiger partial charge in [0.15, 0.2) is 4.32 Å². The molecule has 1 heterocycles. The first kappa shape index (κ1) is 21.3. The Labute approximate surface area is 180 Å². The number of carbonyl (C=O) groups is 2. The van der Waals surface area contributed by atoms with Crippen molar-refractivity contribution in [3.8, 4) is 5.75 Å². The minimum Gasteiger partial charge on any atom is -0.492 e. The van der Waals surface area contributed by atoms with E-state index in [0.29, 0.717) is 21.9 Å². The molecule has 9 nitrogen and oxygen atoms in total. The first-order valence-electron chi connectivity index (χ1n) is 8.58. The molecular formula is C19H15N3O6S2. The van der Waals surface area contributed by atoms with Gasteiger partial charge in [0, 0.05) is 17.7 Å². The number of rotatable bonds is 8. The van der Waals surface area contributed by atoms with Gasteiger partial charge in [-0.15, -0.1) is 0 Å². The molecule has 0 spiro atoms. The largest absolute Gasteiger partial charge is 0.492 e. The summed E-state index contributed by atoms with van der Waals surface area (Å²) in [5.74, 6) is -0.901. The van der Waals surface area contributed by atoms with Crippen LogP contribution < -0.4 is 10.2 Å². The number of para-hydroxylation sites is 1. The van der Waals surface area contributed by atoms with Crippen molar-refractivity contribution in [1.82, 2.24) is 5.01 Å². The van der Waals surface area contributed by atoms with Crippen molar-refractivity contribution in [3.05, 3.63) is 69.1 Å². The second kappa shape index (κ2) is 9.37. The number of thiocarbonyl (C=S) groups is 1. The number of thioether (sulfide) groups is 1. The van der Waals surface area contributed by atoms with E-state index in [9.17, 15) is 19.7 Å². The van der Waals surface area contributed by atoms with Crippen LogP contribution in [0.3, 0.4) is 0 Å². The van der Waals surface area contributed by atoms with Crippen LogP contribution in [-0.4, -0.2) is 37.8 Å². The van der Waals surface area contributed by atoms with Crippen LogP contribution in [0.1, 0.15) is 12.0 Å². The van der Waals surface area contributed by atoms with Crippen molar-refractivity contribution in [3.63, 3.8) is 0 Å². The van der Waals surface area contributed by atoms with E-state index in [2.05, 4.69) is 5.43 Å². The van der Waals surface area contributed by atoms with Gasteiger partial charge in [-0.3, -0.25) is 25.1 Å². The predicted molar refractivity (Wildman–Crippen MR) is 116 cm³/mol. The highest BCUT2D eigenvalue weighted by molar-refractivity contribution is 8.26. The molecule has 154 valence electrons. The van der Waals surface area contributed by atoms with Crippen molar-refractivity contribution in [1.29, 1.82) is 0 Å². The molecule has 0 radical (unpaired) electrons. The number of hydrazine groups is 1. The van der Waals surface area contributed by atoms with Gasteiger partial charge in [0.1, 0.15) is 5.75 Å². The average Bonchev–Trinajstić information content (AvgIpc) is 2.97. The number of anilines is 1. The highest BCUT2D eigenvalue weighted by Gasteiger charge is 2.32. The fourth-order valence-electron chi connectivity index (χ4n) is 2.47. The van der Waals surface area contributed by atoms with Crippen LogP contribution >= 0.6 is 24.0 Å². The van der Waals surface area contributed by atoms with Crippen molar-refractivity contribution >= 4 is 57.6 Å². The number of non-ortho nitro benzene ring substituents is 1. The number of hydrogen-bond donors (Lipinski definition) is 2. The van der Waals surface area contributed by atoms with Gasteiger partial charge in [0.25, 0.3) is 11.6 Å². The number of nitro benzene ring substituents is 1. The van der Waals surface area contributed by atoms with E-state index in [1.54, 1.807) is 30.3 Å². The third kappa shape index (κ3) is 5.13. The van der Waals surface area contributed by atoms with E-state index in [1.807, 2.05) is 0 Å². The highest BCUT2D eigenvalue weighted by atomic mass is 32.2. The normalized spacial score (nSPS) is 14.8. The Hall–Kier alpha value is -3.44. The SMILES string of the molecule is O=C(O)CCOc1ccccc1/C=C1/SC(=S)N(Nc2ccc([N+](=O)[O-])cc2)C1=O. The Balaban J connectivity index is 1.75. The molecule has 2 aromatic carbocycles. The summed E-state index contributed by atoms with van der Waals surface area (Å²) >= 11 is 6.36. The van der Waals surface area contributed by atoms with Gasteiger partial charge in [-0.2, -0.15) is 0 Å². The maximum atomic E-state index is 12.8. The van der Waals surface area contributed by atoms with E-state index >= 15 is 0 Å². The maximum Gasteiger partial charge on any atom is 0.306 e. The van der Waals surface area contributed by atoms with E-state index in [1.165, 1.54) is 29.3 Å². The zero-order chi connectivity index (χ0) is 21.7. The van der Waals surface area contributed by atoms with Crippen molar-refractivity contribution in [2.75, 3.05) is 12.0 Å². The molecule has 1 saturated heterocycles. The van der Waals surface area contributed by atoms with Crippen LogP contribution in [0.2, 0.25) is 0 Å². The minimum atomic E-state index is -0.967. The molecule has 2 aromatic rings. The highest BCUT2D eigenvalue weighted by Crippen LogP contribution is 2.34. The number of hydrogen-bond acceptors (Lipinski definition) is 8. The van der Waals surface area contributed by atoms with Crippen molar-refractivity contribution in [2.24, 2.45) is 0 Å². The summed E-state index contributed by atoms with van der Waals surface area (Å²) in [6.45, 7) is 0.00282. The molecule has 0 aromatic heterocycles. The van der Waals surface area contributed by atoms with Gasteiger partial charge < -0.3 is 9.84 Å². The number of benzene rings is 2. The number of amides is 1. The Bertz CT molecular complexity index is 1040. The summed E-state index contributed by atoms with van der Waals surface area (Å²) in [5, 5.41) is 20.7. The number of nitro groups is 1. The number of nitrogens with zero attached hydrogens (tertiary/aromatic N) is 2. The van der Waals surface area contributed by atoms with Gasteiger partial charge >= 0.3 is 5.97 Å². The predicted octanol–water partition coefficient (Wildman–Crippen LogP) is 3.68. The van der Waals surface area contributed by atoms with Crippen LogP contribution in [-0.2, 0) is 9.59 Å². The molecule has 0 saturated carbocycles. The average molecular weight is 445 g/mol. The lowest BCUT2D eigenvalue weighted by Crippen LogP contribution is -2.33. The van der Waals surface area contributed by atoms with Gasteiger partial charge in [-0.1, -0.05) is 30.0 Å². The molecule has 0 aliphatic carbocycles. The lowest BCUT2D eigenvalue weighted by atomic mass is 10.2. The van der Waals surface area contributed by atoms with Gasteiger partial charge in [-0.05, 0) is 36.5 Å². The summed E-state index contributed by atoms with van der Waals surface area (Å²) in [6, 6.07) is 12.5. The summed E-state index contributed by atoms with van der Waals surface area (Å²) < 4.78 is 5.78. The summed E-state index contributed by atoms with van der Waals surface area (Å²) in [5.41, 5.74) is 3.86. The molecule has 3 rings (SSSR count). The third-order valence-corrected chi connectivity index (χ3v) is 5.19. The Morgan fingerprint density at radius 2 is 1.97 bits per heavy atom. The Morgan fingerprint density at radius 1 is 1.27 bits per heavy atom. The van der Waals surface area contributed by atoms with Crippen LogP contribution in [0.25, 0.3) is 6.08 Å². The molecule has 1 amide bonds. The van der Waals surface area contributed by atoms with Crippen LogP contribution in [0.4, 0.5) is 11.4 Å². The topological polar surface area (TPSA) is 122 Å². The lowest BCUT2D eigenvalue weighted by molar-refractivity contribution is -0.384. The van der Waals surface area contributed by atoms with E-state index < -0.39 is 10.9 Å². The number of carboxylic acid groups (broad SMARTS) is 1. The lowest BCUT2D eigenvalue weighted by Gasteiger charge is -2.16. The second-order valence-corrected chi connectivity index (χ2v) is 7.64. The van der Waals surface area contributed by atoms with Crippen molar-refractivity contribution in [2.45, 2.75) is 6.42 Å². The molecule has 1 aliphatic heterocycles. The van der Waals surface area contributed by atoms with E-state index in [-0.39, 0.29) is 28.9 Å². The van der Waals surface area contributed by atoms with Crippen LogP contribution in [0.15, 0.2) is 53.4 Å². The third-order valence-electron chi connectivity index (χ3n) is 3.89. The monoisotopic (exact) mass is 445 g/mol. The zero-order valence-corrected chi connectivity index (χ0v) is 16.9. The smallest absolute Gasteiger partial charge is 0.306 e. The summed E-state index contributed by atoms with van der Waals surface area (Å²) in [6.07, 6.45) is 1.47. The quantitative estimate of drug-likeness (QED) is 0.271. The molecule has 0 bridgehead atoms. The summed E-state index contributed by atoms with van der Waals surface area (Å²) in [4.78, 5) is 34.0. The summed E-state index contributed by atoms with van der Waals surface area (Å²) in [7, 11) is 0. The standard InChI is InChI=1S/C19H15N3O6S2/c23-17(24)9-10-28-15-4-2-1-3-12(15)11-16-18(25)21(19(29)30-16)20-13-5-7-14(8-6-13)22(26)27/h1-8,11,20H,9-10H2,(H,23,24)/b16-11+. The fourth-order valence-corrected chi connectivity index (χ4v) is 3.64. The van der Waals surface area contributed by atoms with Gasteiger partial charge in [0.2, 0.25) is 0 Å². The molecule has 1 fully saturated rings. The molecule has 30 heavy (non-hydrogen) atoms. The molecule has 0 unspecified atom stereocenters. The molecule has 11 heteroatoms. The molecule has 0 atom stereocenters. The Morgan fingerprint density at radius 3 is 2.63 bits per heavy atom.